The molecule has 7 nitrogen and oxygen atoms in total. The summed E-state index contributed by atoms with van der Waals surface area (Å²) in [4.78, 5) is 21.1. The summed E-state index contributed by atoms with van der Waals surface area (Å²) >= 11 is 0. The molecule has 7 heteroatoms. The van der Waals surface area contributed by atoms with E-state index in [4.69, 9.17) is 0 Å². The fourth-order valence-corrected chi connectivity index (χ4v) is 2.89. The number of aryl methyl sites for hydroxylation is 2. The number of benzene rings is 2. The lowest BCUT2D eigenvalue weighted by atomic mass is 10.1. The predicted octanol–water partition coefficient (Wildman–Crippen LogP) is 5.17. The number of nitrogens with one attached hydrogen (secondary N) is 4. The summed E-state index contributed by atoms with van der Waals surface area (Å²) in [7, 11) is 0. The SMILES string of the molecule is CCNc1nc(C)cc(Nc2ccc(NC(=O)Nc3ccccc3CC)cc2)n1. The number of nitrogens with zero attached hydrogens (tertiary/aromatic N) is 2. The van der Waals surface area contributed by atoms with Gasteiger partial charge in [-0.1, -0.05) is 25.1 Å². The molecule has 0 unspecified atom stereocenters. The van der Waals surface area contributed by atoms with Gasteiger partial charge in [0.05, 0.1) is 0 Å². The normalized spacial score (nSPS) is 10.3. The van der Waals surface area contributed by atoms with Gasteiger partial charge in [0, 0.05) is 35.4 Å². The van der Waals surface area contributed by atoms with Crippen molar-refractivity contribution in [2.75, 3.05) is 27.8 Å². The molecule has 0 aliphatic heterocycles. The highest BCUT2D eigenvalue weighted by Gasteiger charge is 2.06. The van der Waals surface area contributed by atoms with Gasteiger partial charge in [-0.25, -0.2) is 9.78 Å². The molecular formula is C22H26N6O. The van der Waals surface area contributed by atoms with Crippen LogP contribution in [0, 0.1) is 6.92 Å². The Bertz CT molecular complexity index is 971. The largest absolute Gasteiger partial charge is 0.354 e. The Hall–Kier alpha value is -3.61. The van der Waals surface area contributed by atoms with E-state index in [1.54, 1.807) is 0 Å². The number of hydrogen-bond acceptors (Lipinski definition) is 5. The van der Waals surface area contributed by atoms with Crippen molar-refractivity contribution in [2.45, 2.75) is 27.2 Å². The Morgan fingerprint density at radius 1 is 0.931 bits per heavy atom. The van der Waals surface area contributed by atoms with Gasteiger partial charge in [-0.05, 0) is 56.2 Å². The third kappa shape index (κ3) is 5.68. The van der Waals surface area contributed by atoms with E-state index in [0.717, 1.165) is 35.6 Å². The second-order valence-corrected chi connectivity index (χ2v) is 6.54. The van der Waals surface area contributed by atoms with Gasteiger partial charge in [-0.2, -0.15) is 4.98 Å². The number of hydrogen-bond donors (Lipinski definition) is 4. The second kappa shape index (κ2) is 9.54. The fourth-order valence-electron chi connectivity index (χ4n) is 2.89. The molecule has 0 fully saturated rings. The van der Waals surface area contributed by atoms with E-state index < -0.39 is 0 Å². The quantitative estimate of drug-likeness (QED) is 0.447. The van der Waals surface area contributed by atoms with Gasteiger partial charge in [-0.3, -0.25) is 0 Å². The maximum absolute atomic E-state index is 12.3. The van der Waals surface area contributed by atoms with E-state index in [-0.39, 0.29) is 6.03 Å². The first-order valence-electron chi connectivity index (χ1n) is 9.70. The van der Waals surface area contributed by atoms with Gasteiger partial charge in [-0.15, -0.1) is 0 Å². The van der Waals surface area contributed by atoms with Crippen LogP contribution >= 0.6 is 0 Å². The highest BCUT2D eigenvalue weighted by atomic mass is 16.2. The van der Waals surface area contributed by atoms with Crippen LogP contribution in [-0.2, 0) is 6.42 Å². The lowest BCUT2D eigenvalue weighted by Crippen LogP contribution is -2.20. The molecule has 29 heavy (non-hydrogen) atoms. The maximum atomic E-state index is 12.3. The van der Waals surface area contributed by atoms with Gasteiger partial charge >= 0.3 is 6.03 Å². The number of carbonyl (C=O) groups is 1. The number of amides is 2. The molecule has 3 rings (SSSR count). The first-order chi connectivity index (χ1) is 14.1. The number of carbonyl (C=O) groups excluding carboxylic acids is 1. The zero-order valence-corrected chi connectivity index (χ0v) is 16.9. The minimum atomic E-state index is -0.270. The van der Waals surface area contributed by atoms with Crippen molar-refractivity contribution in [1.82, 2.24) is 9.97 Å². The Labute approximate surface area is 171 Å². The van der Waals surface area contributed by atoms with Crippen LogP contribution in [0.2, 0.25) is 0 Å². The number of anilines is 5. The lowest BCUT2D eigenvalue weighted by Gasteiger charge is -2.12. The summed E-state index contributed by atoms with van der Waals surface area (Å²) in [5.41, 5.74) is 4.36. The first-order valence-corrected chi connectivity index (χ1v) is 9.70. The van der Waals surface area contributed by atoms with Crippen LogP contribution in [0.5, 0.6) is 0 Å². The van der Waals surface area contributed by atoms with Crippen LogP contribution in [-0.4, -0.2) is 22.5 Å². The van der Waals surface area contributed by atoms with Crippen molar-refractivity contribution in [1.29, 1.82) is 0 Å². The van der Waals surface area contributed by atoms with Crippen molar-refractivity contribution < 1.29 is 4.79 Å². The third-order valence-electron chi connectivity index (χ3n) is 4.25. The number of urea groups is 1. The van der Waals surface area contributed by atoms with Crippen molar-refractivity contribution in [2.24, 2.45) is 0 Å². The van der Waals surface area contributed by atoms with Crippen molar-refractivity contribution in [3.05, 3.63) is 65.9 Å². The smallest absolute Gasteiger partial charge is 0.323 e. The molecular weight excluding hydrogens is 364 g/mol. The zero-order valence-electron chi connectivity index (χ0n) is 16.9. The molecule has 0 aliphatic carbocycles. The van der Waals surface area contributed by atoms with Crippen LogP contribution in [0.1, 0.15) is 25.1 Å². The van der Waals surface area contributed by atoms with Crippen LogP contribution in [0.4, 0.5) is 33.6 Å². The Morgan fingerprint density at radius 2 is 1.66 bits per heavy atom. The number of para-hydroxylation sites is 1. The summed E-state index contributed by atoms with van der Waals surface area (Å²) < 4.78 is 0. The summed E-state index contributed by atoms with van der Waals surface area (Å²) in [5, 5.41) is 12.1. The van der Waals surface area contributed by atoms with Gasteiger partial charge in [0.25, 0.3) is 0 Å². The van der Waals surface area contributed by atoms with Gasteiger partial charge in [0.15, 0.2) is 0 Å². The van der Waals surface area contributed by atoms with Crippen molar-refractivity contribution in [3.63, 3.8) is 0 Å². The molecule has 3 aromatic rings. The van der Waals surface area contributed by atoms with Gasteiger partial charge < -0.3 is 21.3 Å². The molecule has 0 radical (unpaired) electrons. The van der Waals surface area contributed by atoms with Gasteiger partial charge in [0.1, 0.15) is 5.82 Å². The van der Waals surface area contributed by atoms with Crippen molar-refractivity contribution in [3.8, 4) is 0 Å². The van der Waals surface area contributed by atoms with E-state index in [9.17, 15) is 4.79 Å². The number of aromatic nitrogens is 2. The zero-order chi connectivity index (χ0) is 20.6. The highest BCUT2D eigenvalue weighted by molar-refractivity contribution is 6.00. The molecule has 4 N–H and O–H groups in total. The first kappa shape index (κ1) is 20.1. The van der Waals surface area contributed by atoms with Crippen molar-refractivity contribution >= 4 is 34.9 Å². The topological polar surface area (TPSA) is 91.0 Å². The third-order valence-corrected chi connectivity index (χ3v) is 4.25. The monoisotopic (exact) mass is 390 g/mol. The summed E-state index contributed by atoms with van der Waals surface area (Å²) in [5.74, 6) is 1.31. The molecule has 2 amide bonds. The molecule has 1 aromatic heterocycles. The summed E-state index contributed by atoms with van der Waals surface area (Å²) in [6, 6.07) is 16.8. The van der Waals surface area contributed by atoms with Crippen LogP contribution < -0.4 is 21.3 Å². The van der Waals surface area contributed by atoms with Crippen LogP contribution in [0.25, 0.3) is 0 Å². The summed E-state index contributed by atoms with van der Waals surface area (Å²) in [6.07, 6.45) is 0.856. The van der Waals surface area contributed by atoms with Crippen LogP contribution in [0.3, 0.4) is 0 Å². The van der Waals surface area contributed by atoms with E-state index in [1.807, 2.05) is 68.4 Å². The Morgan fingerprint density at radius 3 is 2.38 bits per heavy atom. The molecule has 150 valence electrons. The molecule has 0 aliphatic rings. The molecule has 0 saturated carbocycles. The molecule has 0 bridgehead atoms. The highest BCUT2D eigenvalue weighted by Crippen LogP contribution is 2.20. The standard InChI is InChI=1S/C22H26N6O/c1-4-16-8-6-7-9-19(16)27-22(29)26-18-12-10-17(11-13-18)25-20-14-15(3)24-21(28-20)23-5-2/h6-14H,4-5H2,1-3H3,(H2,26,27,29)(H2,23,24,25,28). The van der Waals surface area contributed by atoms with Gasteiger partial charge in [0.2, 0.25) is 5.95 Å². The van der Waals surface area contributed by atoms with Crippen LogP contribution in [0.15, 0.2) is 54.6 Å². The van der Waals surface area contributed by atoms with E-state index in [2.05, 4.69) is 38.2 Å². The lowest BCUT2D eigenvalue weighted by molar-refractivity contribution is 0.262. The molecule has 0 atom stereocenters. The molecule has 1 heterocycles. The average Bonchev–Trinajstić information content (AvgIpc) is 2.70. The average molecular weight is 390 g/mol. The fraction of sp³-hybridized carbons (Fsp3) is 0.227. The minimum absolute atomic E-state index is 0.270. The minimum Gasteiger partial charge on any atom is -0.354 e. The Balaban J connectivity index is 1.62. The number of rotatable bonds is 7. The van der Waals surface area contributed by atoms with E-state index in [0.29, 0.717) is 17.5 Å². The molecule has 0 spiro atoms. The Kier molecular flexibility index (Phi) is 6.63. The van der Waals surface area contributed by atoms with E-state index in [1.165, 1.54) is 0 Å². The van der Waals surface area contributed by atoms with E-state index >= 15 is 0 Å². The summed E-state index contributed by atoms with van der Waals surface area (Å²) in [6.45, 7) is 6.75. The molecule has 2 aromatic carbocycles. The second-order valence-electron chi connectivity index (χ2n) is 6.54. The predicted molar refractivity (Wildman–Crippen MR) is 119 cm³/mol. The molecule has 0 saturated heterocycles. The maximum Gasteiger partial charge on any atom is 0.323 e.